The van der Waals surface area contributed by atoms with Crippen molar-refractivity contribution in [2.75, 3.05) is 0 Å². The Morgan fingerprint density at radius 3 is 1.89 bits per heavy atom. The lowest BCUT2D eigenvalue weighted by Gasteiger charge is -2.16. The molecule has 0 aliphatic rings. The minimum Gasteiger partial charge on any atom is -0.293 e. The van der Waals surface area contributed by atoms with Crippen molar-refractivity contribution >= 4 is 37.6 Å². The number of hydrogen-bond acceptors (Lipinski definition) is 1. The zero-order chi connectivity index (χ0) is 13.0. The molecule has 3 heteroatoms. The van der Waals surface area contributed by atoms with Crippen LogP contribution in [0.1, 0.15) is 20.7 Å². The van der Waals surface area contributed by atoms with E-state index < -0.39 is 0 Å². The zero-order valence-corrected chi connectivity index (χ0v) is 12.8. The van der Waals surface area contributed by atoms with Gasteiger partial charge in [-0.3, -0.25) is 4.79 Å². The fourth-order valence-electron chi connectivity index (χ4n) is 1.70. The summed E-state index contributed by atoms with van der Waals surface area (Å²) in [5.41, 5.74) is 1.81. The highest BCUT2D eigenvalue weighted by atomic mass is 79.9. The molecule has 0 radical (unpaired) electrons. The first-order valence-corrected chi connectivity index (χ1v) is 7.45. The van der Waals surface area contributed by atoms with Gasteiger partial charge in [0, 0.05) is 5.56 Å². The van der Waals surface area contributed by atoms with E-state index in [2.05, 4.69) is 31.9 Å². The van der Waals surface area contributed by atoms with Crippen LogP contribution in [0.25, 0.3) is 0 Å². The maximum atomic E-state index is 12.3. The molecule has 0 heterocycles. The van der Waals surface area contributed by atoms with Crippen LogP contribution in [0.5, 0.6) is 0 Å². The first-order valence-electron chi connectivity index (χ1n) is 5.62. The van der Waals surface area contributed by atoms with Crippen LogP contribution in [0.2, 0.25) is 0 Å². The smallest absolute Gasteiger partial charge is 0.177 e. The Balaban J connectivity index is 2.17. The number of alkyl halides is 2. The molecule has 0 aliphatic carbocycles. The number of Topliss-reactive ketones (excluding diaryl/α,β-unsaturated/α-hetero) is 1. The topological polar surface area (TPSA) is 17.1 Å². The highest BCUT2D eigenvalue weighted by Crippen LogP contribution is 2.32. The lowest BCUT2D eigenvalue weighted by Crippen LogP contribution is -2.19. The van der Waals surface area contributed by atoms with Crippen molar-refractivity contribution in [3.63, 3.8) is 0 Å². The van der Waals surface area contributed by atoms with Crippen LogP contribution in [0.15, 0.2) is 60.7 Å². The third kappa shape index (κ3) is 3.09. The van der Waals surface area contributed by atoms with E-state index in [0.29, 0.717) is 0 Å². The molecule has 0 spiro atoms. The lowest BCUT2D eigenvalue weighted by atomic mass is 10.0. The molecule has 0 saturated heterocycles. The second kappa shape index (κ2) is 6.30. The summed E-state index contributed by atoms with van der Waals surface area (Å²) in [6.07, 6.45) is 0. The van der Waals surface area contributed by atoms with Gasteiger partial charge in [0.15, 0.2) is 5.78 Å². The van der Waals surface area contributed by atoms with Gasteiger partial charge in [0.1, 0.15) is 0 Å². The molecular formula is C15H12Br2O. The Morgan fingerprint density at radius 2 is 1.33 bits per heavy atom. The van der Waals surface area contributed by atoms with E-state index in [9.17, 15) is 4.79 Å². The third-order valence-electron chi connectivity index (χ3n) is 2.68. The molecule has 1 nitrogen and oxygen atoms in total. The number of ketones is 1. The van der Waals surface area contributed by atoms with Crippen LogP contribution < -0.4 is 0 Å². The minimum atomic E-state index is -0.276. The first-order chi connectivity index (χ1) is 8.70. The molecule has 92 valence electrons. The molecule has 18 heavy (non-hydrogen) atoms. The Bertz CT molecular complexity index is 511. The minimum absolute atomic E-state index is 0.0357. The average Bonchev–Trinajstić information content (AvgIpc) is 2.47. The van der Waals surface area contributed by atoms with Crippen LogP contribution >= 0.6 is 31.9 Å². The van der Waals surface area contributed by atoms with Crippen molar-refractivity contribution in [2.24, 2.45) is 0 Å². The van der Waals surface area contributed by atoms with Crippen LogP contribution in [0.4, 0.5) is 0 Å². The molecule has 0 bridgehead atoms. The number of benzene rings is 2. The van der Waals surface area contributed by atoms with Crippen LogP contribution in [-0.4, -0.2) is 10.6 Å². The van der Waals surface area contributed by atoms with Gasteiger partial charge in [-0.25, -0.2) is 0 Å². The quantitative estimate of drug-likeness (QED) is 0.562. The third-order valence-corrected chi connectivity index (χ3v) is 5.39. The molecule has 0 N–H and O–H groups in total. The average molecular weight is 368 g/mol. The standard InChI is InChI=1S/C15H12Br2O/c16-13(11-7-3-1-4-8-11)14(17)15(18)12-9-5-2-6-10-12/h1-10,13-14H/t13-,14+/m0/s1. The van der Waals surface area contributed by atoms with Gasteiger partial charge in [0.05, 0.1) is 9.65 Å². The van der Waals surface area contributed by atoms with E-state index in [1.54, 1.807) is 0 Å². The van der Waals surface area contributed by atoms with Crippen molar-refractivity contribution in [1.29, 1.82) is 0 Å². The van der Waals surface area contributed by atoms with Crippen molar-refractivity contribution < 1.29 is 4.79 Å². The van der Waals surface area contributed by atoms with Gasteiger partial charge in [-0.1, -0.05) is 92.5 Å². The fraction of sp³-hybridized carbons (Fsp3) is 0.133. The van der Waals surface area contributed by atoms with E-state index in [1.165, 1.54) is 0 Å². The SMILES string of the molecule is O=C(c1ccccc1)[C@H](Br)[C@@H](Br)c1ccccc1. The number of halogens is 2. The van der Waals surface area contributed by atoms with E-state index in [0.717, 1.165) is 11.1 Å². The maximum absolute atomic E-state index is 12.3. The summed E-state index contributed by atoms with van der Waals surface area (Å²) in [5.74, 6) is 0.0846. The van der Waals surface area contributed by atoms with Gasteiger partial charge in [0.2, 0.25) is 0 Å². The summed E-state index contributed by atoms with van der Waals surface area (Å²) in [6, 6.07) is 19.2. The highest BCUT2D eigenvalue weighted by molar-refractivity contribution is 9.12. The van der Waals surface area contributed by atoms with Gasteiger partial charge < -0.3 is 0 Å². The van der Waals surface area contributed by atoms with Crippen molar-refractivity contribution in [3.8, 4) is 0 Å². The zero-order valence-electron chi connectivity index (χ0n) is 9.59. The largest absolute Gasteiger partial charge is 0.293 e. The van der Waals surface area contributed by atoms with Gasteiger partial charge in [-0.2, -0.15) is 0 Å². The number of hydrogen-bond donors (Lipinski definition) is 0. The molecule has 0 amide bonds. The van der Waals surface area contributed by atoms with E-state index in [1.807, 2.05) is 60.7 Å². The molecule has 0 aliphatic heterocycles. The molecule has 2 rings (SSSR count). The summed E-state index contributed by atoms with van der Waals surface area (Å²) < 4.78 is 0. The first kappa shape index (κ1) is 13.5. The van der Waals surface area contributed by atoms with Crippen molar-refractivity contribution in [2.45, 2.75) is 9.65 Å². The van der Waals surface area contributed by atoms with Crippen molar-refractivity contribution in [1.82, 2.24) is 0 Å². The van der Waals surface area contributed by atoms with Crippen LogP contribution in [0.3, 0.4) is 0 Å². The van der Waals surface area contributed by atoms with E-state index in [-0.39, 0.29) is 15.4 Å². The normalized spacial score (nSPS) is 13.9. The van der Waals surface area contributed by atoms with Crippen LogP contribution in [-0.2, 0) is 0 Å². The Hall–Kier alpha value is -0.930. The van der Waals surface area contributed by atoms with Crippen LogP contribution in [0, 0.1) is 0 Å². The second-order valence-corrected chi connectivity index (χ2v) is 5.92. The highest BCUT2D eigenvalue weighted by Gasteiger charge is 2.25. The molecule has 2 aromatic rings. The van der Waals surface area contributed by atoms with E-state index in [4.69, 9.17) is 0 Å². The van der Waals surface area contributed by atoms with Crippen molar-refractivity contribution in [3.05, 3.63) is 71.8 Å². The molecule has 0 aromatic heterocycles. The number of rotatable bonds is 4. The Morgan fingerprint density at radius 1 is 0.833 bits per heavy atom. The van der Waals surface area contributed by atoms with Gasteiger partial charge in [0.25, 0.3) is 0 Å². The van der Waals surface area contributed by atoms with Gasteiger partial charge in [-0.15, -0.1) is 0 Å². The summed E-state index contributed by atoms with van der Waals surface area (Å²) >= 11 is 7.07. The predicted octanol–water partition coefficient (Wildman–Crippen LogP) is 4.77. The lowest BCUT2D eigenvalue weighted by molar-refractivity contribution is 0.0991. The molecule has 0 unspecified atom stereocenters. The van der Waals surface area contributed by atoms with Gasteiger partial charge in [-0.05, 0) is 5.56 Å². The number of carbonyl (C=O) groups is 1. The molecule has 2 aromatic carbocycles. The molecule has 0 saturated carbocycles. The number of carbonyl (C=O) groups excluding carboxylic acids is 1. The fourth-order valence-corrected chi connectivity index (χ4v) is 2.82. The maximum Gasteiger partial charge on any atom is 0.177 e. The molecule has 0 fully saturated rings. The summed E-state index contributed by atoms with van der Waals surface area (Å²) in [5, 5.41) is 0. The predicted molar refractivity (Wildman–Crippen MR) is 81.6 cm³/mol. The summed E-state index contributed by atoms with van der Waals surface area (Å²) in [6.45, 7) is 0. The van der Waals surface area contributed by atoms with Gasteiger partial charge >= 0.3 is 0 Å². The monoisotopic (exact) mass is 366 g/mol. The Kier molecular flexibility index (Phi) is 4.72. The second-order valence-electron chi connectivity index (χ2n) is 3.94. The molecular weight excluding hydrogens is 356 g/mol. The summed E-state index contributed by atoms with van der Waals surface area (Å²) in [7, 11) is 0. The molecule has 2 atom stereocenters. The van der Waals surface area contributed by atoms with E-state index >= 15 is 0 Å². The summed E-state index contributed by atoms with van der Waals surface area (Å²) in [4.78, 5) is 12.0. The Labute approximate surface area is 123 Å².